The van der Waals surface area contributed by atoms with Crippen LogP contribution < -0.4 is 4.78 Å². The summed E-state index contributed by atoms with van der Waals surface area (Å²) in [6, 6.07) is 2.89. The Hall–Kier alpha value is -0.525. The van der Waals surface area contributed by atoms with Crippen LogP contribution in [0.3, 0.4) is 0 Å². The quantitative estimate of drug-likeness (QED) is 0.714. The zero-order valence-electron chi connectivity index (χ0n) is 5.71. The van der Waals surface area contributed by atoms with E-state index in [1.54, 1.807) is 5.38 Å². The van der Waals surface area contributed by atoms with Gasteiger partial charge in [-0.05, 0) is 5.38 Å². The van der Waals surface area contributed by atoms with Gasteiger partial charge in [-0.3, -0.25) is 0 Å². The molecule has 1 heterocycles. The fourth-order valence-electron chi connectivity index (χ4n) is 0.616. The number of hydrogen-bond acceptors (Lipinski definition) is 3. The Kier molecular flexibility index (Phi) is 2.76. The lowest BCUT2D eigenvalue weighted by Gasteiger charge is -2.08. The number of halogens is 3. The van der Waals surface area contributed by atoms with Gasteiger partial charge in [-0.2, -0.15) is 11.3 Å². The third-order valence-electron chi connectivity index (χ3n) is 1.03. The molecule has 0 saturated heterocycles. The van der Waals surface area contributed by atoms with Crippen LogP contribution >= 0.6 is 11.3 Å². The first-order valence-electron chi connectivity index (χ1n) is 2.95. The molecule has 0 aliphatic rings. The van der Waals surface area contributed by atoms with Crippen LogP contribution in [0.5, 0.6) is 0 Å². The molecule has 0 unspecified atom stereocenters. The van der Waals surface area contributed by atoms with Crippen molar-refractivity contribution in [3.8, 4) is 0 Å². The molecule has 0 aliphatic heterocycles. The summed E-state index contributed by atoms with van der Waals surface area (Å²) in [6.45, 7) is 0. The van der Waals surface area contributed by atoms with Crippen LogP contribution in [0.2, 0.25) is 0 Å². The van der Waals surface area contributed by atoms with Crippen molar-refractivity contribution in [2.75, 3.05) is 0 Å². The van der Waals surface area contributed by atoms with Crippen LogP contribution in [0.4, 0.5) is 13.2 Å². The zero-order valence-corrected chi connectivity index (χ0v) is 6.52. The summed E-state index contributed by atoms with van der Waals surface area (Å²) >= 11 is 0.997. The van der Waals surface area contributed by atoms with Gasteiger partial charge >= 0.3 is 13.5 Å². The highest BCUT2D eigenvalue weighted by molar-refractivity contribution is 7.20. The van der Waals surface area contributed by atoms with Gasteiger partial charge < -0.3 is 9.68 Å². The summed E-state index contributed by atoms with van der Waals surface area (Å²) in [6.07, 6.45) is -4.80. The Morgan fingerprint density at radius 1 is 1.50 bits per heavy atom. The Balaban J connectivity index is 2.56. The number of hydrogen-bond donors (Lipinski definition) is 1. The van der Waals surface area contributed by atoms with Crippen LogP contribution in [0.25, 0.3) is 0 Å². The fraction of sp³-hybridized carbons (Fsp3) is 0.200. The van der Waals surface area contributed by atoms with Gasteiger partial charge in [0.05, 0.1) is 0 Å². The molecule has 7 heteroatoms. The van der Waals surface area contributed by atoms with E-state index in [1.807, 2.05) is 0 Å². The van der Waals surface area contributed by atoms with Crippen molar-refractivity contribution in [1.82, 2.24) is 0 Å². The van der Waals surface area contributed by atoms with E-state index in [0.29, 0.717) is 0 Å². The van der Waals surface area contributed by atoms with Gasteiger partial charge in [-0.15, -0.1) is 13.2 Å². The molecule has 66 valence electrons. The molecule has 0 radical (unpaired) electrons. The average molecular weight is 196 g/mol. The molecule has 1 aromatic rings. The molecule has 1 aromatic heterocycles. The van der Waals surface area contributed by atoms with Crippen LogP contribution in [0.15, 0.2) is 17.5 Å². The maximum absolute atomic E-state index is 11.5. The first-order chi connectivity index (χ1) is 5.49. The summed E-state index contributed by atoms with van der Waals surface area (Å²) < 4.78 is 38.0. The van der Waals surface area contributed by atoms with E-state index in [9.17, 15) is 13.2 Å². The maximum atomic E-state index is 11.5. The summed E-state index contributed by atoms with van der Waals surface area (Å²) in [4.78, 5) is 0. The number of thiophene rings is 1. The lowest BCUT2D eigenvalue weighted by Crippen LogP contribution is -2.36. The van der Waals surface area contributed by atoms with E-state index < -0.39 is 13.5 Å². The van der Waals surface area contributed by atoms with E-state index in [2.05, 4.69) is 4.65 Å². The normalized spacial score (nSPS) is 11.7. The number of rotatable bonds is 2. The highest BCUT2D eigenvalue weighted by Crippen LogP contribution is 2.17. The van der Waals surface area contributed by atoms with Gasteiger partial charge in [0.25, 0.3) is 0 Å². The highest BCUT2D eigenvalue weighted by atomic mass is 32.1. The van der Waals surface area contributed by atoms with Crippen molar-refractivity contribution < 1.29 is 22.8 Å². The molecule has 0 atom stereocenters. The molecule has 0 fully saturated rings. The molecular weight excluding hydrogens is 192 g/mol. The van der Waals surface area contributed by atoms with E-state index in [1.165, 1.54) is 12.1 Å². The first kappa shape index (κ1) is 9.56. The monoisotopic (exact) mass is 196 g/mol. The standard InChI is InChI=1S/C5H4BF3O2S/c7-5(8,9)11-6(10)4-2-1-3-12-4/h1-3,10H. The molecule has 0 amide bonds. The summed E-state index contributed by atoms with van der Waals surface area (Å²) in [5.74, 6) is 0. The molecular formula is C5H4BF3O2S. The SMILES string of the molecule is OB(OC(F)(F)F)c1cccs1. The molecule has 0 spiro atoms. The summed E-state index contributed by atoms with van der Waals surface area (Å²) in [5.41, 5.74) is 0. The third kappa shape index (κ3) is 2.84. The molecule has 1 rings (SSSR count). The maximum Gasteiger partial charge on any atom is 0.510 e. The Bertz CT molecular complexity index is 235. The second-order valence-electron chi connectivity index (χ2n) is 1.93. The van der Waals surface area contributed by atoms with E-state index >= 15 is 0 Å². The van der Waals surface area contributed by atoms with E-state index in [0.717, 1.165) is 11.3 Å². The minimum absolute atomic E-state index is 0.132. The average Bonchev–Trinajstić information content (AvgIpc) is 2.32. The number of alkyl halides is 3. The minimum Gasteiger partial charge on any atom is -0.422 e. The van der Waals surface area contributed by atoms with Gasteiger partial charge in [-0.1, -0.05) is 12.1 Å². The molecule has 0 aliphatic carbocycles. The topological polar surface area (TPSA) is 29.5 Å². The van der Waals surface area contributed by atoms with Crippen LogP contribution in [-0.4, -0.2) is 18.5 Å². The molecule has 0 bridgehead atoms. The predicted molar refractivity (Wildman–Crippen MR) is 39.1 cm³/mol. The van der Waals surface area contributed by atoms with Gasteiger partial charge in [0.15, 0.2) is 0 Å². The van der Waals surface area contributed by atoms with E-state index in [4.69, 9.17) is 5.02 Å². The highest BCUT2D eigenvalue weighted by Gasteiger charge is 2.36. The predicted octanol–water partition coefficient (Wildman–Crippen LogP) is 0.972. The fourth-order valence-corrected chi connectivity index (χ4v) is 1.25. The zero-order chi connectivity index (χ0) is 9.19. The Morgan fingerprint density at radius 2 is 2.17 bits per heavy atom. The van der Waals surface area contributed by atoms with Crippen molar-refractivity contribution in [3.63, 3.8) is 0 Å². The summed E-state index contributed by atoms with van der Waals surface area (Å²) in [5, 5.41) is 10.4. The Labute approximate surface area is 70.7 Å². The van der Waals surface area contributed by atoms with Gasteiger partial charge in [-0.25, -0.2) is 0 Å². The second-order valence-corrected chi connectivity index (χ2v) is 2.91. The van der Waals surface area contributed by atoms with Gasteiger partial charge in [0, 0.05) is 4.78 Å². The smallest absolute Gasteiger partial charge is 0.422 e. The molecule has 12 heavy (non-hydrogen) atoms. The molecule has 2 nitrogen and oxygen atoms in total. The van der Waals surface area contributed by atoms with Gasteiger partial charge in [0.1, 0.15) is 0 Å². The summed E-state index contributed by atoms with van der Waals surface area (Å²) in [7, 11) is -1.91. The van der Waals surface area contributed by atoms with Crippen molar-refractivity contribution in [2.24, 2.45) is 0 Å². The molecule has 0 aromatic carbocycles. The van der Waals surface area contributed by atoms with Crippen molar-refractivity contribution >= 4 is 23.2 Å². The minimum atomic E-state index is -4.80. The van der Waals surface area contributed by atoms with Crippen LogP contribution in [0, 0.1) is 0 Å². The first-order valence-corrected chi connectivity index (χ1v) is 3.83. The largest absolute Gasteiger partial charge is 0.510 e. The lowest BCUT2D eigenvalue weighted by atomic mass is 9.89. The lowest BCUT2D eigenvalue weighted by molar-refractivity contribution is -0.282. The van der Waals surface area contributed by atoms with E-state index in [-0.39, 0.29) is 4.78 Å². The van der Waals surface area contributed by atoms with Crippen LogP contribution in [-0.2, 0) is 4.65 Å². The van der Waals surface area contributed by atoms with Gasteiger partial charge in [0.2, 0.25) is 0 Å². The molecule has 0 saturated carbocycles. The Morgan fingerprint density at radius 3 is 2.58 bits per heavy atom. The van der Waals surface area contributed by atoms with Crippen molar-refractivity contribution in [2.45, 2.75) is 6.36 Å². The second kappa shape index (κ2) is 3.46. The van der Waals surface area contributed by atoms with Crippen molar-refractivity contribution in [3.05, 3.63) is 17.5 Å². The third-order valence-corrected chi connectivity index (χ3v) is 1.93. The van der Waals surface area contributed by atoms with Crippen LogP contribution in [0.1, 0.15) is 0 Å². The molecule has 1 N–H and O–H groups in total. The van der Waals surface area contributed by atoms with Crippen molar-refractivity contribution in [1.29, 1.82) is 0 Å².